The lowest BCUT2D eigenvalue weighted by Crippen LogP contribution is -2.06. The van der Waals surface area contributed by atoms with Gasteiger partial charge in [0.25, 0.3) is 0 Å². The molecule has 1 aromatic heterocycles. The Hall–Kier alpha value is -5.66. The third-order valence-corrected chi connectivity index (χ3v) is 10.7. The quantitative estimate of drug-likeness (QED) is 0.186. The summed E-state index contributed by atoms with van der Waals surface area (Å²) >= 11 is 0. The molecule has 0 aliphatic heterocycles. The Morgan fingerprint density at radius 1 is 0.340 bits per heavy atom. The maximum atomic E-state index is 2.52. The number of rotatable bonds is 2. The molecule has 1 aliphatic carbocycles. The first kappa shape index (κ1) is 27.6. The molecule has 1 nitrogen and oxygen atoms in total. The van der Waals surface area contributed by atoms with Crippen LogP contribution in [0.5, 0.6) is 0 Å². The van der Waals surface area contributed by atoms with Crippen LogP contribution in [0.25, 0.3) is 83.1 Å². The van der Waals surface area contributed by atoms with Crippen molar-refractivity contribution in [1.82, 2.24) is 4.57 Å². The molecule has 0 saturated carbocycles. The second-order valence-corrected chi connectivity index (χ2v) is 13.0. The van der Waals surface area contributed by atoms with Crippen LogP contribution in [-0.4, -0.2) is 4.57 Å². The minimum Gasteiger partial charge on any atom is -0.308 e. The van der Waals surface area contributed by atoms with Crippen LogP contribution in [-0.2, 0) is 0 Å². The molecule has 0 atom stereocenters. The second kappa shape index (κ2) is 10.4. The normalized spacial score (nSPS) is 11.8. The van der Waals surface area contributed by atoms with Gasteiger partial charge < -0.3 is 4.57 Å². The molecule has 0 N–H and O–H groups in total. The first-order chi connectivity index (χ1) is 23.0. The maximum absolute atomic E-state index is 2.52. The van der Waals surface area contributed by atoms with E-state index in [-0.39, 0.29) is 0 Å². The Balaban J connectivity index is 1.40. The first-order valence-corrected chi connectivity index (χ1v) is 16.5. The van der Waals surface area contributed by atoms with E-state index in [1.165, 1.54) is 105 Å². The highest BCUT2D eigenvalue weighted by atomic mass is 15.0. The van der Waals surface area contributed by atoms with E-state index in [9.17, 15) is 0 Å². The lowest BCUT2D eigenvalue weighted by atomic mass is 9.79. The SMILES string of the molecule is Cc1c(C)c(C)c(-n2c3ccccc3c3ccccc32)c(-c2ccc3c(c2)-c2ccccc2-c2ccccc2-c2ccccc2-3)c1C. The Morgan fingerprint density at radius 3 is 1.21 bits per heavy atom. The molecule has 0 bridgehead atoms. The number of aromatic nitrogens is 1. The van der Waals surface area contributed by atoms with Crippen molar-refractivity contribution < 1.29 is 0 Å². The molecular weight excluding hydrogens is 567 g/mol. The van der Waals surface area contributed by atoms with Gasteiger partial charge in [-0.25, -0.2) is 0 Å². The predicted octanol–water partition coefficient (Wildman–Crippen LogP) is 12.7. The standard InChI is InChI=1S/C46H35N/c1-28-29(2)31(4)46(47-43-23-13-11-21-40(43)41-22-12-14-24-44(41)47)45(30(28)3)32-25-26-39-37-19-8-7-17-35(37)33-15-5-6-16-34(33)36-18-9-10-20-38(36)42(39)27-32/h5-27H,1-4H3. The lowest BCUT2D eigenvalue weighted by Gasteiger charge is -2.26. The average molecular weight is 602 g/mol. The molecule has 1 heterocycles. The van der Waals surface area contributed by atoms with Gasteiger partial charge in [-0.05, 0) is 118 Å². The Labute approximate surface area is 276 Å². The molecule has 0 saturated heterocycles. The number of para-hydroxylation sites is 2. The number of fused-ring (bicyclic) bond motifs is 11. The van der Waals surface area contributed by atoms with E-state index in [1.807, 2.05) is 0 Å². The zero-order valence-corrected chi connectivity index (χ0v) is 27.2. The van der Waals surface area contributed by atoms with Gasteiger partial charge in [-0.15, -0.1) is 0 Å². The number of nitrogens with zero attached hydrogens (tertiary/aromatic N) is 1. The van der Waals surface area contributed by atoms with Crippen LogP contribution in [0.15, 0.2) is 140 Å². The van der Waals surface area contributed by atoms with Crippen LogP contribution in [0, 0.1) is 27.7 Å². The fourth-order valence-corrected chi connectivity index (χ4v) is 8.10. The fraction of sp³-hybridized carbons (Fsp3) is 0.0870. The highest BCUT2D eigenvalue weighted by molar-refractivity contribution is 6.10. The minimum atomic E-state index is 1.24. The highest BCUT2D eigenvalue weighted by Gasteiger charge is 2.25. The number of benzene rings is 7. The summed E-state index contributed by atoms with van der Waals surface area (Å²) in [5.74, 6) is 0. The first-order valence-electron chi connectivity index (χ1n) is 16.5. The van der Waals surface area contributed by atoms with Crippen LogP contribution >= 0.6 is 0 Å². The molecule has 9 rings (SSSR count). The Morgan fingerprint density at radius 2 is 0.723 bits per heavy atom. The van der Waals surface area contributed by atoms with E-state index in [2.05, 4.69) is 172 Å². The third kappa shape index (κ3) is 3.96. The minimum absolute atomic E-state index is 1.24. The summed E-state index contributed by atoms with van der Waals surface area (Å²) in [7, 11) is 0. The molecular formula is C46H35N. The fourth-order valence-electron chi connectivity index (χ4n) is 8.10. The van der Waals surface area contributed by atoms with Gasteiger partial charge in [0.15, 0.2) is 0 Å². The smallest absolute Gasteiger partial charge is 0.0575 e. The summed E-state index contributed by atoms with van der Waals surface area (Å²) in [6.07, 6.45) is 0. The molecule has 0 fully saturated rings. The molecule has 0 spiro atoms. The van der Waals surface area contributed by atoms with Crippen LogP contribution in [0.3, 0.4) is 0 Å². The van der Waals surface area contributed by atoms with E-state index in [0.29, 0.717) is 0 Å². The van der Waals surface area contributed by atoms with Gasteiger partial charge in [0.05, 0.1) is 16.7 Å². The van der Waals surface area contributed by atoms with Crippen molar-refractivity contribution >= 4 is 21.8 Å². The number of hydrogen-bond acceptors (Lipinski definition) is 0. The van der Waals surface area contributed by atoms with Crippen molar-refractivity contribution in [3.05, 3.63) is 162 Å². The average Bonchev–Trinajstić information content (AvgIpc) is 3.45. The second-order valence-electron chi connectivity index (χ2n) is 13.0. The van der Waals surface area contributed by atoms with Crippen molar-refractivity contribution in [2.45, 2.75) is 27.7 Å². The molecule has 0 unspecified atom stereocenters. The molecule has 0 amide bonds. The summed E-state index contributed by atoms with van der Waals surface area (Å²) in [5, 5.41) is 2.57. The maximum Gasteiger partial charge on any atom is 0.0575 e. The monoisotopic (exact) mass is 601 g/mol. The summed E-state index contributed by atoms with van der Waals surface area (Å²) in [6, 6.07) is 51.6. The van der Waals surface area contributed by atoms with Gasteiger partial charge in [0.1, 0.15) is 0 Å². The topological polar surface area (TPSA) is 4.93 Å². The van der Waals surface area contributed by atoms with E-state index < -0.39 is 0 Å². The Kier molecular flexibility index (Phi) is 6.14. The van der Waals surface area contributed by atoms with Gasteiger partial charge in [-0.1, -0.05) is 121 Å². The molecule has 1 heteroatoms. The van der Waals surface area contributed by atoms with Crippen molar-refractivity contribution in [2.24, 2.45) is 0 Å². The lowest BCUT2D eigenvalue weighted by molar-refractivity contribution is 1.11. The highest BCUT2D eigenvalue weighted by Crippen LogP contribution is 2.49. The van der Waals surface area contributed by atoms with Gasteiger partial charge in [-0.2, -0.15) is 0 Å². The van der Waals surface area contributed by atoms with Crippen LogP contribution in [0.4, 0.5) is 0 Å². The van der Waals surface area contributed by atoms with Crippen molar-refractivity contribution in [3.8, 4) is 61.3 Å². The predicted molar refractivity (Wildman–Crippen MR) is 200 cm³/mol. The number of hydrogen-bond donors (Lipinski definition) is 0. The molecule has 8 aromatic rings. The van der Waals surface area contributed by atoms with E-state index in [0.717, 1.165) is 0 Å². The van der Waals surface area contributed by atoms with Gasteiger partial charge in [0, 0.05) is 16.3 Å². The van der Waals surface area contributed by atoms with Gasteiger partial charge in [-0.3, -0.25) is 0 Å². The van der Waals surface area contributed by atoms with Gasteiger partial charge in [0.2, 0.25) is 0 Å². The van der Waals surface area contributed by atoms with Crippen molar-refractivity contribution in [1.29, 1.82) is 0 Å². The largest absolute Gasteiger partial charge is 0.308 e. The summed E-state index contributed by atoms with van der Waals surface area (Å²) in [5.41, 5.74) is 21.8. The molecule has 7 aromatic carbocycles. The van der Waals surface area contributed by atoms with E-state index >= 15 is 0 Å². The molecule has 1 aliphatic rings. The van der Waals surface area contributed by atoms with Crippen molar-refractivity contribution in [2.75, 3.05) is 0 Å². The summed E-state index contributed by atoms with van der Waals surface area (Å²) in [4.78, 5) is 0. The molecule has 224 valence electrons. The molecule has 47 heavy (non-hydrogen) atoms. The van der Waals surface area contributed by atoms with Crippen molar-refractivity contribution in [3.63, 3.8) is 0 Å². The van der Waals surface area contributed by atoms with Crippen LogP contribution in [0.1, 0.15) is 22.3 Å². The summed E-state index contributed by atoms with van der Waals surface area (Å²) < 4.78 is 2.52. The van der Waals surface area contributed by atoms with E-state index in [4.69, 9.17) is 0 Å². The Bertz CT molecular complexity index is 2500. The zero-order valence-electron chi connectivity index (χ0n) is 27.2. The van der Waals surface area contributed by atoms with Gasteiger partial charge >= 0.3 is 0 Å². The summed E-state index contributed by atoms with van der Waals surface area (Å²) in [6.45, 7) is 9.18. The van der Waals surface area contributed by atoms with Crippen LogP contribution < -0.4 is 0 Å². The van der Waals surface area contributed by atoms with Crippen LogP contribution in [0.2, 0.25) is 0 Å². The molecule has 0 radical (unpaired) electrons. The zero-order chi connectivity index (χ0) is 31.8. The third-order valence-electron chi connectivity index (χ3n) is 10.7. The van der Waals surface area contributed by atoms with E-state index in [1.54, 1.807) is 0 Å².